The summed E-state index contributed by atoms with van der Waals surface area (Å²) in [5.41, 5.74) is 27.2. The van der Waals surface area contributed by atoms with Gasteiger partial charge in [0.25, 0.3) is 6.71 Å². The second-order valence-electron chi connectivity index (χ2n) is 30.6. The van der Waals surface area contributed by atoms with Gasteiger partial charge >= 0.3 is 0 Å². The molecule has 19 rings (SSSR count). The Bertz CT molecular complexity index is 6180. The maximum absolute atomic E-state index is 8.53. The van der Waals surface area contributed by atoms with Crippen LogP contribution in [0.3, 0.4) is 0 Å². The van der Waals surface area contributed by atoms with Crippen molar-refractivity contribution in [2.75, 3.05) is 9.80 Å². The highest BCUT2D eigenvalue weighted by Gasteiger charge is 2.45. The number of anilines is 6. The van der Waals surface area contributed by atoms with Gasteiger partial charge in [0.15, 0.2) is 40.6 Å². The minimum absolute atomic E-state index is 0.136. The summed E-state index contributed by atoms with van der Waals surface area (Å²) in [6.45, 7) is 22.3. The molecule has 2 aliphatic heterocycles. The molecule has 0 unspecified atom stereocenters. The zero-order chi connectivity index (χ0) is 74.4. The van der Waals surface area contributed by atoms with Crippen LogP contribution in [0.4, 0.5) is 39.8 Å². The van der Waals surface area contributed by atoms with Crippen molar-refractivity contribution in [3.05, 3.63) is 356 Å². The van der Waals surface area contributed by atoms with E-state index < -0.39 is 0 Å². The normalized spacial score (nSPS) is 12.4. The van der Waals surface area contributed by atoms with Gasteiger partial charge < -0.3 is 14.4 Å². The topological polar surface area (TPSA) is 93.1 Å². The molecule has 0 radical (unpaired) electrons. The van der Waals surface area contributed by atoms with E-state index >= 15 is 0 Å². The summed E-state index contributed by atoms with van der Waals surface area (Å²) in [6, 6.07) is 119. The van der Waals surface area contributed by atoms with Crippen molar-refractivity contribution in [3.63, 3.8) is 0 Å². The Labute approximate surface area is 641 Å². The summed E-state index contributed by atoms with van der Waals surface area (Å²) < 4.78 is 2.31. The first kappa shape index (κ1) is 66.7. The van der Waals surface area contributed by atoms with Crippen LogP contribution in [0.2, 0.25) is 0 Å². The number of aromatic nitrogens is 7. The van der Waals surface area contributed by atoms with Crippen molar-refractivity contribution in [1.29, 1.82) is 0 Å². The smallest absolute Gasteiger partial charge is 0.252 e. The largest absolute Gasteiger partial charge is 0.311 e. The Hall–Kier alpha value is -13.9. The van der Waals surface area contributed by atoms with Gasteiger partial charge in [0.2, 0.25) is 0 Å². The highest BCUT2D eigenvalue weighted by atomic mass is 15.2. The van der Waals surface area contributed by atoms with Crippen molar-refractivity contribution in [1.82, 2.24) is 34.5 Å². The average Bonchev–Trinajstić information content (AvgIpc) is 0.756. The van der Waals surface area contributed by atoms with E-state index in [9.17, 15) is 0 Å². The summed E-state index contributed by atoms with van der Waals surface area (Å²) in [5.74, 6) is 3.09. The summed E-state index contributed by atoms with van der Waals surface area (Å²) >= 11 is 0. The third-order valence-corrected chi connectivity index (χ3v) is 21.6. The molecule has 0 atom stereocenters. The predicted molar refractivity (Wildman–Crippen MR) is 454 cm³/mol. The number of rotatable bonds is 12. The lowest BCUT2D eigenvalue weighted by Crippen LogP contribution is -2.61. The molecule has 0 aliphatic carbocycles. The molecule has 0 fully saturated rings. The minimum atomic E-state index is -0.143. The summed E-state index contributed by atoms with van der Waals surface area (Å²) in [6.07, 6.45) is 0. The van der Waals surface area contributed by atoms with Crippen LogP contribution in [0.1, 0.15) is 52.7 Å². The van der Waals surface area contributed by atoms with Gasteiger partial charge in [-0.25, -0.2) is 34.7 Å². The van der Waals surface area contributed by atoms with Crippen molar-refractivity contribution in [2.45, 2.75) is 52.4 Å². The van der Waals surface area contributed by atoms with Gasteiger partial charge in [-0.3, -0.25) is 0 Å². The molecule has 0 amide bonds. The Balaban J connectivity index is 0.882. The first-order valence-corrected chi connectivity index (χ1v) is 37.5. The van der Waals surface area contributed by atoms with Gasteiger partial charge in [0.1, 0.15) is 0 Å². The molecule has 0 spiro atoms. The summed E-state index contributed by atoms with van der Waals surface area (Å²) in [7, 11) is 0. The van der Waals surface area contributed by atoms with Crippen LogP contribution in [-0.4, -0.2) is 41.2 Å². The van der Waals surface area contributed by atoms with Crippen molar-refractivity contribution in [2.24, 2.45) is 0 Å². The molecule has 0 N–H and O–H groups in total. The van der Waals surface area contributed by atoms with Crippen LogP contribution >= 0.6 is 0 Å². The quantitative estimate of drug-likeness (QED) is 0.0882. The van der Waals surface area contributed by atoms with Crippen LogP contribution in [0.15, 0.2) is 334 Å². The summed E-state index contributed by atoms with van der Waals surface area (Å²) in [5, 5.41) is 2.00. The molecule has 17 aromatic rings. The van der Waals surface area contributed by atoms with Crippen LogP contribution in [0.25, 0.3) is 134 Å². The molecule has 522 valence electrons. The first-order chi connectivity index (χ1) is 53.7. The molecule has 5 heterocycles. The van der Waals surface area contributed by atoms with E-state index in [1.54, 1.807) is 0 Å². The zero-order valence-electron chi connectivity index (χ0n) is 61.8. The number of fused-ring (bicyclic) bond motifs is 7. The molecule has 110 heavy (non-hydrogen) atoms. The van der Waals surface area contributed by atoms with Gasteiger partial charge in [-0.15, -0.1) is 0 Å². The summed E-state index contributed by atoms with van der Waals surface area (Å²) in [4.78, 5) is 40.6. The SMILES string of the molecule is [C-]#[N+]c1ccc(-n2c3ccc(-c4cc5c6c(c4)N(c4ccc(-c7ccccc7)cc4)c4ccc(C(C)(C)C)cc4B6c4cc(C(C)(C)C)ccc4N5c4ccc(-c5ccccc5)cc4)cc3c3ccc(-c4nc(-c5ccccc5)nc(-c5ccccc5)n4)cc32)c(-c2nc(-c3ccccc3)nc(-c3ccccc3)n2)c1. The average molecular weight is 1410 g/mol. The minimum Gasteiger partial charge on any atom is -0.311 e. The maximum Gasteiger partial charge on any atom is 0.252 e. The van der Waals surface area contributed by atoms with Gasteiger partial charge in [-0.1, -0.05) is 296 Å². The molecule has 0 saturated heterocycles. The van der Waals surface area contributed by atoms with Crippen LogP contribution in [0.5, 0.6) is 0 Å². The van der Waals surface area contributed by atoms with Gasteiger partial charge in [-0.2, -0.15) is 0 Å². The Morgan fingerprint density at radius 2 is 0.655 bits per heavy atom. The Morgan fingerprint density at radius 1 is 0.282 bits per heavy atom. The van der Waals surface area contributed by atoms with E-state index in [1.165, 1.54) is 27.5 Å². The number of hydrogen-bond donors (Lipinski definition) is 0. The van der Waals surface area contributed by atoms with Crippen molar-refractivity contribution in [3.8, 4) is 107 Å². The molecular weight excluding hydrogens is 1340 g/mol. The van der Waals surface area contributed by atoms with E-state index in [0.29, 0.717) is 46.2 Å². The maximum atomic E-state index is 8.53. The van der Waals surface area contributed by atoms with E-state index in [-0.39, 0.29) is 17.5 Å². The molecule has 0 bridgehead atoms. The van der Waals surface area contributed by atoms with E-state index in [1.807, 2.05) is 140 Å². The number of benzene rings is 14. The molecule has 3 aromatic heterocycles. The van der Waals surface area contributed by atoms with Gasteiger partial charge in [0.05, 0.1) is 23.3 Å². The highest BCUT2D eigenvalue weighted by molar-refractivity contribution is 7.00. The lowest BCUT2D eigenvalue weighted by Gasteiger charge is -2.45. The fourth-order valence-electron chi connectivity index (χ4n) is 16.0. The Kier molecular flexibility index (Phi) is 16.3. The second-order valence-corrected chi connectivity index (χ2v) is 30.6. The fraction of sp³-hybridized carbons (Fsp3) is 0.0808. The lowest BCUT2D eigenvalue weighted by molar-refractivity contribution is 0.590. The number of hydrogen-bond acceptors (Lipinski definition) is 8. The van der Waals surface area contributed by atoms with Crippen molar-refractivity contribution >= 4 is 84.7 Å². The van der Waals surface area contributed by atoms with E-state index in [4.69, 9.17) is 36.5 Å². The molecule has 10 nitrogen and oxygen atoms in total. The third-order valence-electron chi connectivity index (χ3n) is 21.6. The molecule has 14 aromatic carbocycles. The molecule has 0 saturated carbocycles. The molecular formula is C99H73BN10. The third kappa shape index (κ3) is 12.0. The van der Waals surface area contributed by atoms with E-state index in [0.717, 1.165) is 123 Å². The molecule has 11 heteroatoms. The van der Waals surface area contributed by atoms with Gasteiger partial charge in [0, 0.05) is 78.3 Å². The highest BCUT2D eigenvalue weighted by Crippen LogP contribution is 2.49. The Morgan fingerprint density at radius 3 is 1.07 bits per heavy atom. The first-order valence-electron chi connectivity index (χ1n) is 37.5. The van der Waals surface area contributed by atoms with Crippen LogP contribution < -0.4 is 26.2 Å². The van der Waals surface area contributed by atoms with Crippen LogP contribution in [-0.2, 0) is 10.8 Å². The standard InChI is InChI=1S/C99H73BN10/c1-98(2,3)74-44-53-86-82(60-74)100-83-61-75(99(4,5)6)45-54-87(83)109(78-49-40-66(41-50-78)64-28-16-9-17-29-64)90-59-73(58-89(91(90)100)108(86)77-47-38-65(39-48-77)63-26-14-8-15-27-63)71-43-52-84-80(56-71)79-51-42-72(96-104-92(67-30-18-10-19-31-67)102-93(105-96)68-32-20-11-21-33-68)57-88(79)110(84)85-55-46-76(101-7)62-81(85)97-106-94(69-34-22-12-23-35-69)103-95(107-97)70-36-24-13-25-37-70/h8-62H,1-6H3. The monoisotopic (exact) mass is 1410 g/mol. The molecule has 2 aliphatic rings. The zero-order valence-corrected chi connectivity index (χ0v) is 61.8. The fourth-order valence-corrected chi connectivity index (χ4v) is 16.0. The predicted octanol–water partition coefficient (Wildman–Crippen LogP) is 23.4. The van der Waals surface area contributed by atoms with Gasteiger partial charge in [-0.05, 0) is 151 Å². The van der Waals surface area contributed by atoms with E-state index in [2.05, 4.69) is 255 Å². The second kappa shape index (κ2) is 26.8. The van der Waals surface area contributed by atoms with Crippen molar-refractivity contribution < 1.29 is 0 Å². The number of nitrogens with zero attached hydrogens (tertiary/aromatic N) is 10. The lowest BCUT2D eigenvalue weighted by atomic mass is 9.33. The van der Waals surface area contributed by atoms with Crippen LogP contribution in [0, 0.1) is 6.57 Å².